The molecule has 0 unspecified atom stereocenters. The number of carbonyl (C=O) groups excluding carboxylic acids is 1. The van der Waals surface area contributed by atoms with E-state index in [0.29, 0.717) is 17.1 Å². The Kier molecular flexibility index (Phi) is 4.46. The summed E-state index contributed by atoms with van der Waals surface area (Å²) >= 11 is 0. The molecule has 2 heterocycles. The van der Waals surface area contributed by atoms with Crippen LogP contribution in [0.1, 0.15) is 54.5 Å². The summed E-state index contributed by atoms with van der Waals surface area (Å²) in [5, 5.41) is 18.9. The summed E-state index contributed by atoms with van der Waals surface area (Å²) in [6.45, 7) is 6.09. The van der Waals surface area contributed by atoms with Crippen molar-refractivity contribution < 1.29 is 19.8 Å². The van der Waals surface area contributed by atoms with Gasteiger partial charge < -0.3 is 15.1 Å². The smallest absolute Gasteiger partial charge is 0.335 e. The van der Waals surface area contributed by atoms with Crippen LogP contribution in [0.4, 0.5) is 0 Å². The van der Waals surface area contributed by atoms with E-state index in [1.807, 2.05) is 13.8 Å². The summed E-state index contributed by atoms with van der Waals surface area (Å²) in [6, 6.07) is 0. The molecule has 2 rings (SSSR count). The minimum Gasteiger partial charge on any atom is -0.479 e. The lowest BCUT2D eigenvalue weighted by atomic mass is 9.91. The molecule has 0 bridgehead atoms. The van der Waals surface area contributed by atoms with Crippen LogP contribution in [0.5, 0.6) is 0 Å². The largest absolute Gasteiger partial charge is 0.479 e. The Balaban J connectivity index is 2.19. The van der Waals surface area contributed by atoms with Crippen LogP contribution in [0.15, 0.2) is 6.20 Å². The number of carboxylic acids is 1. The lowest BCUT2D eigenvalue weighted by Crippen LogP contribution is -2.51. The van der Waals surface area contributed by atoms with Crippen LogP contribution in [0.3, 0.4) is 0 Å². The van der Waals surface area contributed by atoms with E-state index >= 15 is 0 Å². The summed E-state index contributed by atoms with van der Waals surface area (Å²) in [5.41, 5.74) is -0.598. The summed E-state index contributed by atoms with van der Waals surface area (Å²) in [7, 11) is 0. The second-order valence-corrected chi connectivity index (χ2v) is 6.00. The SMILES string of the molecule is Cc1ncc(C(=O)N2CCC(O)(C(=O)O)CC2)c(C(C)C)n1. The van der Waals surface area contributed by atoms with Crippen molar-refractivity contribution in [1.82, 2.24) is 14.9 Å². The van der Waals surface area contributed by atoms with Crippen molar-refractivity contribution in [3.8, 4) is 0 Å². The van der Waals surface area contributed by atoms with Crippen molar-refractivity contribution in [3.05, 3.63) is 23.3 Å². The highest BCUT2D eigenvalue weighted by molar-refractivity contribution is 5.95. The molecule has 0 atom stereocenters. The first-order valence-electron chi connectivity index (χ1n) is 7.33. The van der Waals surface area contributed by atoms with E-state index in [1.165, 1.54) is 6.20 Å². The molecule has 1 amide bonds. The monoisotopic (exact) mass is 307 g/mol. The zero-order valence-electron chi connectivity index (χ0n) is 13.0. The highest BCUT2D eigenvalue weighted by Gasteiger charge is 2.40. The maximum absolute atomic E-state index is 12.6. The number of hydrogen-bond donors (Lipinski definition) is 2. The number of carboxylic acid groups (broad SMARTS) is 1. The van der Waals surface area contributed by atoms with Gasteiger partial charge in [0.2, 0.25) is 0 Å². The van der Waals surface area contributed by atoms with Gasteiger partial charge in [-0.2, -0.15) is 0 Å². The predicted octanol–water partition coefficient (Wildman–Crippen LogP) is 0.960. The van der Waals surface area contributed by atoms with Gasteiger partial charge in [-0.1, -0.05) is 13.8 Å². The molecule has 0 aliphatic carbocycles. The molecule has 0 spiro atoms. The maximum atomic E-state index is 12.6. The topological polar surface area (TPSA) is 104 Å². The number of hydrogen-bond acceptors (Lipinski definition) is 5. The summed E-state index contributed by atoms with van der Waals surface area (Å²) in [6.07, 6.45) is 1.58. The number of amides is 1. The molecule has 1 aromatic heterocycles. The van der Waals surface area contributed by atoms with Gasteiger partial charge in [0.25, 0.3) is 5.91 Å². The lowest BCUT2D eigenvalue weighted by Gasteiger charge is -2.35. The van der Waals surface area contributed by atoms with Crippen molar-refractivity contribution in [2.24, 2.45) is 0 Å². The van der Waals surface area contributed by atoms with Crippen molar-refractivity contribution in [3.63, 3.8) is 0 Å². The molecule has 120 valence electrons. The first-order valence-corrected chi connectivity index (χ1v) is 7.33. The number of aliphatic hydroxyl groups is 1. The molecule has 7 nitrogen and oxygen atoms in total. The normalized spacial score (nSPS) is 17.6. The van der Waals surface area contributed by atoms with Crippen LogP contribution >= 0.6 is 0 Å². The van der Waals surface area contributed by atoms with Crippen LogP contribution in [-0.4, -0.2) is 55.6 Å². The van der Waals surface area contributed by atoms with Crippen molar-refractivity contribution in [2.75, 3.05) is 13.1 Å². The van der Waals surface area contributed by atoms with Gasteiger partial charge in [0.05, 0.1) is 11.3 Å². The van der Waals surface area contributed by atoms with Gasteiger partial charge in [-0.3, -0.25) is 4.79 Å². The fourth-order valence-electron chi connectivity index (χ4n) is 2.56. The van der Waals surface area contributed by atoms with E-state index in [4.69, 9.17) is 5.11 Å². The Hall–Kier alpha value is -2.02. The molecule has 1 fully saturated rings. The van der Waals surface area contributed by atoms with Gasteiger partial charge >= 0.3 is 5.97 Å². The van der Waals surface area contributed by atoms with Crippen LogP contribution in [0, 0.1) is 6.92 Å². The Morgan fingerprint density at radius 2 is 1.91 bits per heavy atom. The molecule has 0 saturated carbocycles. The molecule has 1 saturated heterocycles. The molecular weight excluding hydrogens is 286 g/mol. The Morgan fingerprint density at radius 3 is 2.41 bits per heavy atom. The summed E-state index contributed by atoms with van der Waals surface area (Å²) in [5.74, 6) is -0.752. The fraction of sp³-hybridized carbons (Fsp3) is 0.600. The van der Waals surface area contributed by atoms with E-state index in [2.05, 4.69) is 9.97 Å². The highest BCUT2D eigenvalue weighted by Crippen LogP contribution is 2.25. The Labute approximate surface area is 129 Å². The number of nitrogens with zero attached hydrogens (tertiary/aromatic N) is 3. The van der Waals surface area contributed by atoms with Crippen molar-refractivity contribution in [1.29, 1.82) is 0 Å². The second-order valence-electron chi connectivity index (χ2n) is 6.00. The number of aryl methyl sites for hydroxylation is 1. The molecular formula is C15H21N3O4. The number of rotatable bonds is 3. The van der Waals surface area contributed by atoms with Gasteiger partial charge in [0.15, 0.2) is 5.60 Å². The number of likely N-dealkylation sites (tertiary alicyclic amines) is 1. The third-order valence-corrected chi connectivity index (χ3v) is 3.99. The Bertz CT molecular complexity index is 592. The second kappa shape index (κ2) is 6.00. The van der Waals surface area contributed by atoms with Gasteiger partial charge in [-0.15, -0.1) is 0 Å². The third-order valence-electron chi connectivity index (χ3n) is 3.99. The van der Waals surface area contributed by atoms with E-state index in [1.54, 1.807) is 11.8 Å². The van der Waals surface area contributed by atoms with Crippen molar-refractivity contribution >= 4 is 11.9 Å². The zero-order chi connectivity index (χ0) is 16.5. The minimum atomic E-state index is -1.73. The average Bonchev–Trinajstić information content (AvgIpc) is 2.47. The molecule has 7 heteroatoms. The number of piperidine rings is 1. The minimum absolute atomic E-state index is 0.0256. The molecule has 2 N–H and O–H groups in total. The maximum Gasteiger partial charge on any atom is 0.335 e. The number of aromatic nitrogens is 2. The Morgan fingerprint density at radius 1 is 1.32 bits per heavy atom. The van der Waals surface area contributed by atoms with E-state index < -0.39 is 11.6 Å². The predicted molar refractivity (Wildman–Crippen MR) is 78.6 cm³/mol. The number of aliphatic carboxylic acids is 1. The van der Waals surface area contributed by atoms with Crippen LogP contribution in [0.25, 0.3) is 0 Å². The fourth-order valence-corrected chi connectivity index (χ4v) is 2.56. The van der Waals surface area contributed by atoms with E-state index in [9.17, 15) is 14.7 Å². The van der Waals surface area contributed by atoms with Crippen LogP contribution in [0.2, 0.25) is 0 Å². The standard InChI is InChI=1S/C15H21N3O4/c1-9(2)12-11(8-16-10(3)17-12)13(19)18-6-4-15(22,5-7-18)14(20)21/h8-9,22H,4-7H2,1-3H3,(H,20,21). The van der Waals surface area contributed by atoms with Crippen LogP contribution < -0.4 is 0 Å². The molecule has 22 heavy (non-hydrogen) atoms. The molecule has 1 aromatic rings. The lowest BCUT2D eigenvalue weighted by molar-refractivity contribution is -0.162. The van der Waals surface area contributed by atoms with Gasteiger partial charge in [-0.25, -0.2) is 14.8 Å². The van der Waals surface area contributed by atoms with Gasteiger partial charge in [-0.05, 0) is 12.8 Å². The molecule has 0 aromatic carbocycles. The van der Waals surface area contributed by atoms with Crippen molar-refractivity contribution in [2.45, 2.75) is 45.1 Å². The first-order chi connectivity index (χ1) is 10.2. The summed E-state index contributed by atoms with van der Waals surface area (Å²) < 4.78 is 0. The van der Waals surface area contributed by atoms with Crippen LogP contribution in [-0.2, 0) is 4.79 Å². The zero-order valence-corrected chi connectivity index (χ0v) is 13.0. The summed E-state index contributed by atoms with van der Waals surface area (Å²) in [4.78, 5) is 33.7. The van der Waals surface area contributed by atoms with Gasteiger partial charge in [0.1, 0.15) is 5.82 Å². The number of carbonyl (C=O) groups is 2. The first kappa shape index (κ1) is 16.4. The van der Waals surface area contributed by atoms with E-state index in [-0.39, 0.29) is 37.8 Å². The molecule has 1 aliphatic rings. The van der Waals surface area contributed by atoms with E-state index in [0.717, 1.165) is 0 Å². The molecule has 0 radical (unpaired) electrons. The van der Waals surface area contributed by atoms with Gasteiger partial charge in [0, 0.05) is 32.1 Å². The highest BCUT2D eigenvalue weighted by atomic mass is 16.4. The average molecular weight is 307 g/mol. The molecule has 1 aliphatic heterocycles. The third kappa shape index (κ3) is 3.09. The quantitative estimate of drug-likeness (QED) is 0.862.